The van der Waals surface area contributed by atoms with E-state index < -0.39 is 6.29 Å². The Morgan fingerprint density at radius 2 is 0.706 bits per heavy atom. The number of aromatic nitrogens is 12. The van der Waals surface area contributed by atoms with Gasteiger partial charge in [0, 0.05) is 16.7 Å². The Hall–Kier alpha value is -5.13. The molecule has 0 atom stereocenters. The molecule has 0 saturated carbocycles. The average Bonchev–Trinajstić information content (AvgIpc) is 3.68. The van der Waals surface area contributed by atoms with E-state index in [1.54, 1.807) is 14.0 Å². The van der Waals surface area contributed by atoms with Crippen LogP contribution in [0.1, 0.15) is 6.29 Å². The SMILES string of the molecule is c1ccc(-c2nnnn2C(n2nnnc2-c2ccccc2)n2nnnc2-c2ccccc2)cc1. The first kappa shape index (κ1) is 19.5. The molecule has 164 valence electrons. The van der Waals surface area contributed by atoms with Crippen molar-refractivity contribution in [2.45, 2.75) is 6.29 Å². The van der Waals surface area contributed by atoms with Crippen LogP contribution in [0.2, 0.25) is 0 Å². The summed E-state index contributed by atoms with van der Waals surface area (Å²) in [5, 5.41) is 37.5. The molecule has 12 heteroatoms. The van der Waals surface area contributed by atoms with Crippen molar-refractivity contribution >= 4 is 0 Å². The van der Waals surface area contributed by atoms with Gasteiger partial charge in [0.25, 0.3) is 0 Å². The highest BCUT2D eigenvalue weighted by atomic mass is 15.7. The molecule has 0 amide bonds. The lowest BCUT2D eigenvalue weighted by atomic mass is 10.2. The van der Waals surface area contributed by atoms with Gasteiger partial charge in [0.05, 0.1) is 0 Å². The lowest BCUT2D eigenvalue weighted by Crippen LogP contribution is -2.31. The highest BCUT2D eigenvalue weighted by Crippen LogP contribution is 2.27. The zero-order chi connectivity index (χ0) is 22.7. The number of nitrogens with zero attached hydrogens (tertiary/aromatic N) is 12. The molecular formula is C22H16N12. The zero-order valence-corrected chi connectivity index (χ0v) is 17.6. The van der Waals surface area contributed by atoms with Gasteiger partial charge in [-0.1, -0.05) is 91.0 Å². The summed E-state index contributed by atoms with van der Waals surface area (Å²) in [6, 6.07) is 28.9. The van der Waals surface area contributed by atoms with Gasteiger partial charge in [-0.05, 0) is 31.3 Å². The van der Waals surface area contributed by atoms with Crippen molar-refractivity contribution in [2.24, 2.45) is 0 Å². The summed E-state index contributed by atoms with van der Waals surface area (Å²) in [5.74, 6) is 1.53. The van der Waals surface area contributed by atoms with E-state index >= 15 is 0 Å². The average molecular weight is 448 g/mol. The molecule has 0 unspecified atom stereocenters. The van der Waals surface area contributed by atoms with Gasteiger partial charge in [-0.15, -0.1) is 15.3 Å². The third-order valence-corrected chi connectivity index (χ3v) is 5.23. The molecule has 0 saturated heterocycles. The minimum Gasteiger partial charge on any atom is -0.179 e. The Bertz CT molecular complexity index is 1320. The number of tetrazole rings is 3. The van der Waals surface area contributed by atoms with Crippen LogP contribution in [0.3, 0.4) is 0 Å². The molecule has 6 rings (SSSR count). The van der Waals surface area contributed by atoms with Gasteiger partial charge in [-0.2, -0.15) is 14.0 Å². The molecule has 0 aliphatic heterocycles. The second-order valence-corrected chi connectivity index (χ2v) is 7.29. The number of benzene rings is 3. The third kappa shape index (κ3) is 3.39. The van der Waals surface area contributed by atoms with E-state index in [0.717, 1.165) is 16.7 Å². The van der Waals surface area contributed by atoms with Crippen LogP contribution in [0.25, 0.3) is 34.2 Å². The van der Waals surface area contributed by atoms with Crippen molar-refractivity contribution in [1.29, 1.82) is 0 Å². The standard InChI is InChI=1S/C22H16N12/c1-4-10-16(11-5-1)19-23-26-29-32(19)22(33-20(24-27-30-33)17-12-6-2-7-13-17)34-21(25-28-31-34)18-14-8-3-9-15-18/h1-15,22H. The van der Waals surface area contributed by atoms with Gasteiger partial charge >= 0.3 is 0 Å². The molecule has 0 N–H and O–H groups in total. The predicted octanol–water partition coefficient (Wildman–Crippen LogP) is 2.20. The summed E-state index contributed by atoms with van der Waals surface area (Å²) < 4.78 is 4.79. The normalized spacial score (nSPS) is 11.2. The Balaban J connectivity index is 1.59. The predicted molar refractivity (Wildman–Crippen MR) is 120 cm³/mol. The van der Waals surface area contributed by atoms with Crippen LogP contribution in [0.15, 0.2) is 91.0 Å². The van der Waals surface area contributed by atoms with E-state index in [1.807, 2.05) is 91.0 Å². The molecule has 12 nitrogen and oxygen atoms in total. The quantitative estimate of drug-likeness (QED) is 0.376. The zero-order valence-electron chi connectivity index (χ0n) is 17.6. The van der Waals surface area contributed by atoms with Crippen LogP contribution in [0.4, 0.5) is 0 Å². The first-order valence-corrected chi connectivity index (χ1v) is 10.4. The van der Waals surface area contributed by atoms with Crippen LogP contribution in [-0.4, -0.2) is 60.6 Å². The number of hydrogen-bond donors (Lipinski definition) is 0. The van der Waals surface area contributed by atoms with Gasteiger partial charge in [0.2, 0.25) is 6.29 Å². The molecule has 0 aliphatic rings. The topological polar surface area (TPSA) is 131 Å². The third-order valence-electron chi connectivity index (χ3n) is 5.23. The van der Waals surface area contributed by atoms with E-state index in [0.29, 0.717) is 17.5 Å². The summed E-state index contributed by atoms with van der Waals surface area (Å²) >= 11 is 0. The van der Waals surface area contributed by atoms with E-state index in [1.165, 1.54) is 0 Å². The molecule has 0 bridgehead atoms. The minimum absolute atomic E-state index is 0.509. The van der Waals surface area contributed by atoms with Gasteiger partial charge in [-0.3, -0.25) is 0 Å². The van der Waals surface area contributed by atoms with Crippen molar-refractivity contribution in [3.8, 4) is 34.2 Å². The molecule has 34 heavy (non-hydrogen) atoms. The Morgan fingerprint density at radius 1 is 0.412 bits per heavy atom. The van der Waals surface area contributed by atoms with Crippen LogP contribution >= 0.6 is 0 Å². The van der Waals surface area contributed by atoms with Gasteiger partial charge in [0.1, 0.15) is 0 Å². The van der Waals surface area contributed by atoms with E-state index in [9.17, 15) is 0 Å². The largest absolute Gasteiger partial charge is 0.250 e. The van der Waals surface area contributed by atoms with Crippen LogP contribution in [0.5, 0.6) is 0 Å². The molecule has 3 heterocycles. The maximum absolute atomic E-state index is 4.30. The lowest BCUT2D eigenvalue weighted by Gasteiger charge is -2.20. The Morgan fingerprint density at radius 3 is 1.00 bits per heavy atom. The summed E-state index contributed by atoms with van der Waals surface area (Å²) in [5.41, 5.74) is 2.46. The fraction of sp³-hybridized carbons (Fsp3) is 0.0455. The van der Waals surface area contributed by atoms with Gasteiger partial charge in [0.15, 0.2) is 17.5 Å². The van der Waals surface area contributed by atoms with Crippen LogP contribution in [-0.2, 0) is 0 Å². The molecule has 3 aromatic carbocycles. The molecule has 0 radical (unpaired) electrons. The highest BCUT2D eigenvalue weighted by Gasteiger charge is 2.30. The lowest BCUT2D eigenvalue weighted by molar-refractivity contribution is 0.278. The first-order valence-electron chi connectivity index (χ1n) is 10.4. The summed E-state index contributed by atoms with van der Waals surface area (Å²) in [6.45, 7) is 0. The summed E-state index contributed by atoms with van der Waals surface area (Å²) in [7, 11) is 0. The van der Waals surface area contributed by atoms with Crippen molar-refractivity contribution in [3.63, 3.8) is 0 Å². The molecule has 6 aromatic rings. The molecule has 3 aromatic heterocycles. The Labute approximate surface area is 192 Å². The van der Waals surface area contributed by atoms with E-state index in [-0.39, 0.29) is 0 Å². The van der Waals surface area contributed by atoms with E-state index in [2.05, 4.69) is 46.6 Å². The Kier molecular flexibility index (Phi) is 4.84. The number of rotatable bonds is 6. The summed E-state index contributed by atoms with van der Waals surface area (Å²) in [4.78, 5) is 0. The fourth-order valence-electron chi connectivity index (χ4n) is 3.69. The van der Waals surface area contributed by atoms with Crippen molar-refractivity contribution in [1.82, 2.24) is 60.6 Å². The van der Waals surface area contributed by atoms with Crippen molar-refractivity contribution in [2.75, 3.05) is 0 Å². The summed E-state index contributed by atoms with van der Waals surface area (Å²) in [6.07, 6.45) is -0.833. The molecular weight excluding hydrogens is 432 g/mol. The monoisotopic (exact) mass is 448 g/mol. The first-order chi connectivity index (χ1) is 16.9. The maximum atomic E-state index is 4.30. The molecule has 0 spiro atoms. The van der Waals surface area contributed by atoms with Crippen LogP contribution in [0, 0.1) is 0 Å². The van der Waals surface area contributed by atoms with Crippen molar-refractivity contribution in [3.05, 3.63) is 91.0 Å². The van der Waals surface area contributed by atoms with Gasteiger partial charge < -0.3 is 0 Å². The van der Waals surface area contributed by atoms with Gasteiger partial charge in [-0.25, -0.2) is 0 Å². The van der Waals surface area contributed by atoms with E-state index in [4.69, 9.17) is 0 Å². The molecule has 0 aliphatic carbocycles. The second kappa shape index (κ2) is 8.43. The second-order valence-electron chi connectivity index (χ2n) is 7.29. The smallest absolute Gasteiger partial charge is 0.179 e. The van der Waals surface area contributed by atoms with Crippen molar-refractivity contribution < 1.29 is 0 Å². The number of hydrogen-bond acceptors (Lipinski definition) is 9. The fourth-order valence-corrected chi connectivity index (χ4v) is 3.69. The maximum Gasteiger partial charge on any atom is 0.250 e. The minimum atomic E-state index is -0.833. The molecule has 0 fully saturated rings. The van der Waals surface area contributed by atoms with Crippen LogP contribution < -0.4 is 0 Å². The highest BCUT2D eigenvalue weighted by molar-refractivity contribution is 5.57.